The number of hydrogen-bond acceptors (Lipinski definition) is 2. The third-order valence-corrected chi connectivity index (χ3v) is 3.41. The number of rotatable bonds is 3. The van der Waals surface area contributed by atoms with Crippen LogP contribution in [0.25, 0.3) is 0 Å². The van der Waals surface area contributed by atoms with Gasteiger partial charge in [-0.3, -0.25) is 0 Å². The van der Waals surface area contributed by atoms with E-state index in [2.05, 4.69) is 44.2 Å². The predicted molar refractivity (Wildman–Crippen MR) is 76.0 cm³/mol. The molecule has 1 heterocycles. The highest BCUT2D eigenvalue weighted by Gasteiger charge is 2.23. The maximum Gasteiger partial charge on any atom is 0.137 e. The molecule has 0 aliphatic carbocycles. The zero-order chi connectivity index (χ0) is 13.2. The third kappa shape index (κ3) is 2.73. The van der Waals surface area contributed by atoms with Gasteiger partial charge in [-0.15, -0.1) is 0 Å². The van der Waals surface area contributed by atoms with E-state index >= 15 is 0 Å². The molecule has 3 rings (SSSR count). The van der Waals surface area contributed by atoms with Crippen LogP contribution in [0.4, 0.5) is 0 Å². The Balaban J connectivity index is 1.60. The topological polar surface area (TPSA) is 18.5 Å². The molecule has 1 atom stereocenters. The summed E-state index contributed by atoms with van der Waals surface area (Å²) in [5.41, 5.74) is 3.81. The summed E-state index contributed by atoms with van der Waals surface area (Å²) >= 11 is 0. The van der Waals surface area contributed by atoms with Crippen LogP contribution in [0.1, 0.15) is 16.7 Å². The largest absolute Gasteiger partial charge is 0.490 e. The van der Waals surface area contributed by atoms with Crippen LogP contribution in [0.3, 0.4) is 0 Å². The number of benzene rings is 2. The van der Waals surface area contributed by atoms with Gasteiger partial charge < -0.3 is 9.47 Å². The molecule has 0 N–H and O–H groups in total. The van der Waals surface area contributed by atoms with Gasteiger partial charge in [0.1, 0.15) is 24.2 Å². The van der Waals surface area contributed by atoms with Gasteiger partial charge in [0.25, 0.3) is 0 Å². The lowest BCUT2D eigenvalue weighted by Crippen LogP contribution is -2.22. The second-order valence-corrected chi connectivity index (χ2v) is 5.18. The van der Waals surface area contributed by atoms with Crippen molar-refractivity contribution in [2.75, 3.05) is 6.61 Å². The van der Waals surface area contributed by atoms with E-state index < -0.39 is 0 Å². The molecule has 2 heteroatoms. The highest BCUT2D eigenvalue weighted by molar-refractivity contribution is 5.40. The number of aryl methyl sites for hydroxylation is 2. The maximum atomic E-state index is 5.88. The van der Waals surface area contributed by atoms with Gasteiger partial charge in [0, 0.05) is 6.42 Å². The molecule has 98 valence electrons. The van der Waals surface area contributed by atoms with Gasteiger partial charge in [0.15, 0.2) is 0 Å². The highest BCUT2D eigenvalue weighted by atomic mass is 16.5. The maximum absolute atomic E-state index is 5.88. The van der Waals surface area contributed by atoms with Gasteiger partial charge in [-0.05, 0) is 37.6 Å². The number of hydrogen-bond donors (Lipinski definition) is 0. The Morgan fingerprint density at radius 2 is 1.79 bits per heavy atom. The molecule has 0 spiro atoms. The van der Waals surface area contributed by atoms with E-state index in [-0.39, 0.29) is 6.10 Å². The molecule has 1 aliphatic rings. The summed E-state index contributed by atoms with van der Waals surface area (Å²) in [7, 11) is 0. The van der Waals surface area contributed by atoms with Crippen molar-refractivity contribution in [3.63, 3.8) is 0 Å². The molecule has 0 radical (unpaired) electrons. The molecule has 0 amide bonds. The molecule has 2 nitrogen and oxygen atoms in total. The first-order valence-electron chi connectivity index (χ1n) is 6.66. The van der Waals surface area contributed by atoms with Crippen LogP contribution in [-0.2, 0) is 6.42 Å². The second kappa shape index (κ2) is 4.96. The van der Waals surface area contributed by atoms with Crippen LogP contribution in [-0.4, -0.2) is 12.7 Å². The lowest BCUT2D eigenvalue weighted by molar-refractivity contribution is 0.148. The second-order valence-electron chi connectivity index (χ2n) is 5.18. The summed E-state index contributed by atoms with van der Waals surface area (Å²) in [6.07, 6.45) is 1.06. The van der Waals surface area contributed by atoms with Gasteiger partial charge in [-0.1, -0.05) is 35.4 Å². The Bertz CT molecular complexity index is 572. The standard InChI is InChI=1S/C17H18O2/c1-12-3-6-15(7-4-12)18-11-16-10-14-9-13(2)5-8-17(14)19-16/h3-9,16H,10-11H2,1-2H3. The van der Waals surface area contributed by atoms with Gasteiger partial charge in [-0.2, -0.15) is 0 Å². The number of ether oxygens (including phenoxy) is 2. The van der Waals surface area contributed by atoms with E-state index in [4.69, 9.17) is 9.47 Å². The van der Waals surface area contributed by atoms with Gasteiger partial charge in [0.2, 0.25) is 0 Å². The first kappa shape index (κ1) is 12.1. The van der Waals surface area contributed by atoms with Gasteiger partial charge in [-0.25, -0.2) is 0 Å². The summed E-state index contributed by atoms with van der Waals surface area (Å²) in [5, 5.41) is 0. The smallest absolute Gasteiger partial charge is 0.137 e. The lowest BCUT2D eigenvalue weighted by atomic mass is 10.1. The normalized spacial score (nSPS) is 16.8. The molecule has 0 saturated carbocycles. The Kier molecular flexibility index (Phi) is 3.16. The molecule has 1 aliphatic heterocycles. The number of fused-ring (bicyclic) bond motifs is 1. The zero-order valence-electron chi connectivity index (χ0n) is 11.3. The first-order valence-corrected chi connectivity index (χ1v) is 6.66. The summed E-state index contributed by atoms with van der Waals surface area (Å²) in [6, 6.07) is 14.5. The van der Waals surface area contributed by atoms with Crippen molar-refractivity contribution in [2.24, 2.45) is 0 Å². The molecule has 0 aromatic heterocycles. The monoisotopic (exact) mass is 254 g/mol. The predicted octanol–water partition coefficient (Wildman–Crippen LogP) is 3.69. The molecular formula is C17H18O2. The fourth-order valence-electron chi connectivity index (χ4n) is 2.37. The van der Waals surface area contributed by atoms with E-state index in [0.717, 1.165) is 17.9 Å². The Morgan fingerprint density at radius 3 is 2.58 bits per heavy atom. The summed E-state index contributed by atoms with van der Waals surface area (Å²) < 4.78 is 11.7. The zero-order valence-corrected chi connectivity index (χ0v) is 11.3. The Labute approximate surface area is 114 Å². The van der Waals surface area contributed by atoms with Crippen LogP contribution in [0, 0.1) is 13.8 Å². The summed E-state index contributed by atoms with van der Waals surface area (Å²) in [5.74, 6) is 1.91. The van der Waals surface area contributed by atoms with Crippen molar-refractivity contribution in [3.05, 3.63) is 59.2 Å². The minimum Gasteiger partial charge on any atom is -0.490 e. The van der Waals surface area contributed by atoms with Crippen molar-refractivity contribution in [2.45, 2.75) is 26.4 Å². The molecule has 0 saturated heterocycles. The average molecular weight is 254 g/mol. The van der Waals surface area contributed by atoms with Crippen LogP contribution >= 0.6 is 0 Å². The fraction of sp³-hybridized carbons (Fsp3) is 0.294. The van der Waals surface area contributed by atoms with Gasteiger partial charge in [0.05, 0.1) is 0 Å². The SMILES string of the molecule is Cc1ccc(OCC2Cc3cc(C)ccc3O2)cc1. The van der Waals surface area contributed by atoms with Crippen molar-refractivity contribution in [1.82, 2.24) is 0 Å². The molecule has 0 bridgehead atoms. The molecule has 2 aromatic carbocycles. The minimum absolute atomic E-state index is 0.123. The van der Waals surface area contributed by atoms with Crippen molar-refractivity contribution >= 4 is 0 Å². The van der Waals surface area contributed by atoms with Gasteiger partial charge >= 0.3 is 0 Å². The van der Waals surface area contributed by atoms with E-state index in [0.29, 0.717) is 6.61 Å². The van der Waals surface area contributed by atoms with E-state index in [1.54, 1.807) is 0 Å². The van der Waals surface area contributed by atoms with Crippen LogP contribution in [0.2, 0.25) is 0 Å². The minimum atomic E-state index is 0.123. The van der Waals surface area contributed by atoms with Crippen molar-refractivity contribution in [1.29, 1.82) is 0 Å². The average Bonchev–Trinajstić information content (AvgIpc) is 2.80. The first-order chi connectivity index (χ1) is 9.20. The van der Waals surface area contributed by atoms with E-state index in [1.807, 2.05) is 12.1 Å². The molecule has 19 heavy (non-hydrogen) atoms. The van der Waals surface area contributed by atoms with Crippen LogP contribution < -0.4 is 9.47 Å². The van der Waals surface area contributed by atoms with E-state index in [1.165, 1.54) is 16.7 Å². The molecule has 1 unspecified atom stereocenters. The highest BCUT2D eigenvalue weighted by Crippen LogP contribution is 2.29. The van der Waals surface area contributed by atoms with Crippen LogP contribution in [0.5, 0.6) is 11.5 Å². The third-order valence-electron chi connectivity index (χ3n) is 3.41. The molecular weight excluding hydrogens is 236 g/mol. The Morgan fingerprint density at radius 1 is 1.05 bits per heavy atom. The molecule has 0 fully saturated rings. The van der Waals surface area contributed by atoms with Crippen molar-refractivity contribution in [3.8, 4) is 11.5 Å². The summed E-state index contributed by atoms with van der Waals surface area (Å²) in [4.78, 5) is 0. The summed E-state index contributed by atoms with van der Waals surface area (Å²) in [6.45, 7) is 4.77. The molecule has 2 aromatic rings. The van der Waals surface area contributed by atoms with Crippen LogP contribution in [0.15, 0.2) is 42.5 Å². The van der Waals surface area contributed by atoms with Crippen molar-refractivity contribution < 1.29 is 9.47 Å². The fourth-order valence-corrected chi connectivity index (χ4v) is 2.37. The van der Waals surface area contributed by atoms with E-state index in [9.17, 15) is 0 Å². The Hall–Kier alpha value is -1.96. The lowest BCUT2D eigenvalue weighted by Gasteiger charge is -2.12. The quantitative estimate of drug-likeness (QED) is 0.831.